The van der Waals surface area contributed by atoms with Crippen molar-refractivity contribution in [2.24, 2.45) is 12.5 Å². The third-order valence-corrected chi connectivity index (χ3v) is 6.16. The summed E-state index contributed by atoms with van der Waals surface area (Å²) in [6.07, 6.45) is -11.7. The Bertz CT molecular complexity index is 1080. The summed E-state index contributed by atoms with van der Waals surface area (Å²) in [6, 6.07) is 4.61. The number of alkyl halides is 8. The first-order valence-corrected chi connectivity index (χ1v) is 10.3. The number of carbonyl (C=O) groups excluding carboxylic acids is 1. The van der Waals surface area contributed by atoms with Crippen molar-refractivity contribution in [3.8, 4) is 17.0 Å². The second-order valence-corrected chi connectivity index (χ2v) is 8.77. The molecule has 1 amide bonds. The molecule has 1 aromatic heterocycles. The van der Waals surface area contributed by atoms with Crippen LogP contribution in [0, 0.1) is 5.41 Å². The van der Waals surface area contributed by atoms with Crippen molar-refractivity contribution >= 4 is 11.7 Å². The quantitative estimate of drug-likeness (QED) is 0.486. The Morgan fingerprint density at radius 2 is 1.71 bits per heavy atom. The maximum absolute atomic E-state index is 13.6. The molecule has 186 valence electrons. The van der Waals surface area contributed by atoms with Crippen molar-refractivity contribution in [3.05, 3.63) is 29.8 Å². The first-order valence-electron chi connectivity index (χ1n) is 10.3. The molecule has 2 aromatic rings. The number of aryl methyl sites for hydroxylation is 1. The van der Waals surface area contributed by atoms with Gasteiger partial charge in [0.15, 0.2) is 5.82 Å². The zero-order valence-electron chi connectivity index (χ0n) is 17.7. The van der Waals surface area contributed by atoms with Crippen LogP contribution in [0.15, 0.2) is 24.3 Å². The molecule has 0 bridgehead atoms. The third-order valence-electron chi connectivity index (χ3n) is 6.16. The van der Waals surface area contributed by atoms with Crippen LogP contribution >= 0.6 is 0 Å². The minimum Gasteiger partial charge on any atom is -0.406 e. The smallest absolute Gasteiger partial charge is 0.406 e. The molecule has 0 spiro atoms. The summed E-state index contributed by atoms with van der Waals surface area (Å²) in [6.45, 7) is 0. The first-order chi connectivity index (χ1) is 15.6. The lowest BCUT2D eigenvalue weighted by molar-refractivity contribution is -0.274. The molecular formula is C21H19F8N3O2. The van der Waals surface area contributed by atoms with Crippen LogP contribution < -0.4 is 10.1 Å². The summed E-state index contributed by atoms with van der Waals surface area (Å²) in [5, 5.41) is 6.46. The number of amides is 1. The zero-order valence-corrected chi connectivity index (χ0v) is 17.7. The number of halogens is 8. The predicted octanol–water partition coefficient (Wildman–Crippen LogP) is 6.17. The molecule has 34 heavy (non-hydrogen) atoms. The molecule has 1 heterocycles. The number of rotatable bonds is 6. The molecule has 2 aliphatic rings. The fourth-order valence-corrected chi connectivity index (χ4v) is 4.24. The monoisotopic (exact) mass is 497 g/mol. The van der Waals surface area contributed by atoms with E-state index in [0.717, 1.165) is 12.1 Å². The molecular weight excluding hydrogens is 478 g/mol. The van der Waals surface area contributed by atoms with E-state index in [0.29, 0.717) is 5.56 Å². The van der Waals surface area contributed by atoms with E-state index in [2.05, 4.69) is 15.2 Å². The highest BCUT2D eigenvalue weighted by molar-refractivity contribution is 5.92. The number of aromatic nitrogens is 2. The van der Waals surface area contributed by atoms with Gasteiger partial charge in [0, 0.05) is 43.4 Å². The molecule has 0 unspecified atom stereocenters. The zero-order chi connectivity index (χ0) is 25.1. The number of benzene rings is 1. The molecule has 5 nitrogen and oxygen atoms in total. The van der Waals surface area contributed by atoms with Crippen LogP contribution in [0.25, 0.3) is 11.3 Å². The SMILES string of the molecule is Cn1nc(NC(=O)CC2(C(F)(F)F)CC2)c(C2CC(F)(F)C2)c1-c1ccc(OC(F)(F)F)cc1. The van der Waals surface area contributed by atoms with Crippen LogP contribution in [0.2, 0.25) is 0 Å². The fraction of sp³-hybridized carbons (Fsp3) is 0.524. The molecule has 0 atom stereocenters. The van der Waals surface area contributed by atoms with Gasteiger partial charge in [-0.15, -0.1) is 13.2 Å². The van der Waals surface area contributed by atoms with Gasteiger partial charge in [-0.05, 0) is 37.1 Å². The third kappa shape index (κ3) is 4.83. The Hall–Kier alpha value is -2.86. The number of hydrogen-bond donors (Lipinski definition) is 1. The molecule has 2 fully saturated rings. The summed E-state index contributed by atoms with van der Waals surface area (Å²) in [4.78, 5) is 12.4. The average molecular weight is 497 g/mol. The Kier molecular flexibility index (Phi) is 5.60. The molecule has 1 aromatic carbocycles. The fourth-order valence-electron chi connectivity index (χ4n) is 4.24. The number of nitrogens with one attached hydrogen (secondary N) is 1. The number of ether oxygens (including phenoxy) is 1. The number of carbonyl (C=O) groups is 1. The van der Waals surface area contributed by atoms with Crippen LogP contribution in [-0.4, -0.2) is 34.1 Å². The van der Waals surface area contributed by atoms with Crippen molar-refractivity contribution < 1.29 is 44.7 Å². The van der Waals surface area contributed by atoms with E-state index in [9.17, 15) is 39.9 Å². The molecule has 0 aliphatic heterocycles. The summed E-state index contributed by atoms with van der Waals surface area (Å²) in [5.41, 5.74) is -1.33. The van der Waals surface area contributed by atoms with Crippen LogP contribution in [0.3, 0.4) is 0 Å². The first kappa shape index (κ1) is 24.3. The molecule has 2 aliphatic carbocycles. The van der Waals surface area contributed by atoms with Gasteiger partial charge in [-0.25, -0.2) is 8.78 Å². The van der Waals surface area contributed by atoms with Gasteiger partial charge >= 0.3 is 12.5 Å². The van der Waals surface area contributed by atoms with Crippen molar-refractivity contribution in [1.82, 2.24) is 9.78 Å². The number of nitrogens with zero attached hydrogens (tertiary/aromatic N) is 2. The van der Waals surface area contributed by atoms with Crippen LogP contribution in [0.1, 0.15) is 43.6 Å². The molecule has 2 saturated carbocycles. The van der Waals surface area contributed by atoms with Crippen LogP contribution in [0.5, 0.6) is 5.75 Å². The van der Waals surface area contributed by atoms with Gasteiger partial charge in [-0.1, -0.05) is 0 Å². The van der Waals surface area contributed by atoms with E-state index in [4.69, 9.17) is 0 Å². The van der Waals surface area contributed by atoms with Gasteiger partial charge in [-0.3, -0.25) is 9.48 Å². The van der Waals surface area contributed by atoms with E-state index in [1.165, 1.54) is 23.9 Å². The van der Waals surface area contributed by atoms with Crippen molar-refractivity contribution in [1.29, 1.82) is 0 Å². The number of hydrogen-bond acceptors (Lipinski definition) is 3. The van der Waals surface area contributed by atoms with Gasteiger partial charge in [0.1, 0.15) is 5.75 Å². The van der Waals surface area contributed by atoms with Crippen molar-refractivity contribution in [2.45, 2.75) is 56.5 Å². The minimum absolute atomic E-state index is 0.142. The standard InChI is InChI=1S/C21H19F8N3O2/c1-32-16(11-2-4-13(5-3-11)34-21(27,28)29)15(12-8-19(22,23)9-12)17(31-32)30-14(33)10-18(6-7-18)20(24,25)26/h2-5,12H,6-10H2,1H3,(H,30,31,33). The highest BCUT2D eigenvalue weighted by Gasteiger charge is 2.63. The summed E-state index contributed by atoms with van der Waals surface area (Å²) in [5.74, 6) is -5.28. The maximum Gasteiger partial charge on any atom is 0.573 e. The second-order valence-electron chi connectivity index (χ2n) is 8.77. The van der Waals surface area contributed by atoms with E-state index in [1.54, 1.807) is 0 Å². The van der Waals surface area contributed by atoms with Crippen molar-refractivity contribution in [3.63, 3.8) is 0 Å². The lowest BCUT2D eigenvalue weighted by Gasteiger charge is -2.35. The van der Waals surface area contributed by atoms with E-state index in [1.807, 2.05) is 0 Å². The van der Waals surface area contributed by atoms with Crippen LogP contribution in [0.4, 0.5) is 40.9 Å². The summed E-state index contributed by atoms with van der Waals surface area (Å²) >= 11 is 0. The average Bonchev–Trinajstić information content (AvgIpc) is 3.37. The minimum atomic E-state index is -4.90. The van der Waals surface area contributed by atoms with Gasteiger partial charge in [0.25, 0.3) is 0 Å². The summed E-state index contributed by atoms with van der Waals surface area (Å²) < 4.78 is 109. The van der Waals surface area contributed by atoms with E-state index < -0.39 is 60.7 Å². The second kappa shape index (κ2) is 7.84. The highest BCUT2D eigenvalue weighted by atomic mass is 19.4. The normalized spacial score (nSPS) is 19.4. The topological polar surface area (TPSA) is 56.2 Å². The summed E-state index contributed by atoms with van der Waals surface area (Å²) in [7, 11) is 1.43. The van der Waals surface area contributed by atoms with Crippen molar-refractivity contribution in [2.75, 3.05) is 5.32 Å². The lowest BCUT2D eigenvalue weighted by atomic mass is 9.75. The maximum atomic E-state index is 13.6. The van der Waals surface area contributed by atoms with E-state index in [-0.39, 0.29) is 29.9 Å². The Labute approximate surface area is 188 Å². The molecule has 1 N–H and O–H groups in total. The molecule has 0 radical (unpaired) electrons. The Morgan fingerprint density at radius 1 is 1.12 bits per heavy atom. The van der Waals surface area contributed by atoms with E-state index >= 15 is 0 Å². The largest absolute Gasteiger partial charge is 0.573 e. The molecule has 0 saturated heterocycles. The highest BCUT2D eigenvalue weighted by Crippen LogP contribution is 2.60. The van der Waals surface area contributed by atoms with Crippen LogP contribution in [-0.2, 0) is 11.8 Å². The lowest BCUT2D eigenvalue weighted by Crippen LogP contribution is -2.34. The van der Waals surface area contributed by atoms with Gasteiger partial charge in [0.05, 0.1) is 11.1 Å². The van der Waals surface area contributed by atoms with Gasteiger partial charge in [-0.2, -0.15) is 18.3 Å². The Morgan fingerprint density at radius 3 is 2.18 bits per heavy atom. The Balaban J connectivity index is 1.63. The number of anilines is 1. The molecule has 4 rings (SSSR count). The predicted molar refractivity (Wildman–Crippen MR) is 103 cm³/mol. The molecule has 13 heteroatoms. The van der Waals surface area contributed by atoms with Gasteiger partial charge in [0.2, 0.25) is 11.8 Å². The van der Waals surface area contributed by atoms with Gasteiger partial charge < -0.3 is 10.1 Å².